The van der Waals surface area contributed by atoms with Crippen LogP contribution in [0.5, 0.6) is 0 Å². The predicted molar refractivity (Wildman–Crippen MR) is 66.3 cm³/mol. The molecule has 0 amide bonds. The first-order chi connectivity index (χ1) is 7.72. The highest BCUT2D eigenvalue weighted by Gasteiger charge is 2.35. The summed E-state index contributed by atoms with van der Waals surface area (Å²) >= 11 is 0. The second kappa shape index (κ2) is 5.31. The predicted octanol–water partition coefficient (Wildman–Crippen LogP) is 2.77. The minimum absolute atomic E-state index is 0.308. The highest BCUT2D eigenvalue weighted by molar-refractivity contribution is 5.84. The molecular formula is C14H25NO. The maximum atomic E-state index is 12.4. The minimum atomic E-state index is 0.308. The van der Waals surface area contributed by atoms with Gasteiger partial charge in [-0.25, -0.2) is 0 Å². The first-order valence-electron chi connectivity index (χ1n) is 6.99. The van der Waals surface area contributed by atoms with Crippen molar-refractivity contribution in [1.82, 2.24) is 5.32 Å². The van der Waals surface area contributed by atoms with Gasteiger partial charge in [0.05, 0.1) is 0 Å². The van der Waals surface area contributed by atoms with Gasteiger partial charge in [-0.05, 0) is 51.5 Å². The first-order valence-corrected chi connectivity index (χ1v) is 6.99. The normalized spacial score (nSPS) is 39.9. The lowest BCUT2D eigenvalue weighted by Crippen LogP contribution is -2.33. The molecule has 0 aromatic carbocycles. The monoisotopic (exact) mass is 223 g/mol. The van der Waals surface area contributed by atoms with Gasteiger partial charge in [-0.2, -0.15) is 0 Å². The molecule has 2 aliphatic rings. The molecule has 1 aliphatic carbocycles. The van der Waals surface area contributed by atoms with Crippen LogP contribution in [0.15, 0.2) is 0 Å². The molecule has 0 aromatic heterocycles. The third-order valence-electron chi connectivity index (χ3n) is 4.72. The van der Waals surface area contributed by atoms with E-state index >= 15 is 0 Å². The molecule has 0 radical (unpaired) electrons. The molecule has 0 aromatic rings. The van der Waals surface area contributed by atoms with Crippen LogP contribution in [0.2, 0.25) is 0 Å². The molecule has 2 heteroatoms. The van der Waals surface area contributed by atoms with Gasteiger partial charge in [0.15, 0.2) is 0 Å². The molecule has 2 rings (SSSR count). The summed E-state index contributed by atoms with van der Waals surface area (Å²) in [6.07, 6.45) is 7.22. The third-order valence-corrected chi connectivity index (χ3v) is 4.72. The van der Waals surface area contributed by atoms with E-state index in [1.807, 2.05) is 0 Å². The average Bonchev–Trinajstić information content (AvgIpc) is 2.75. The van der Waals surface area contributed by atoms with E-state index in [4.69, 9.17) is 0 Å². The molecule has 1 heterocycles. The number of carbonyl (C=O) groups is 1. The highest BCUT2D eigenvalue weighted by Crippen LogP contribution is 2.34. The lowest BCUT2D eigenvalue weighted by Gasteiger charge is -2.29. The van der Waals surface area contributed by atoms with E-state index in [1.54, 1.807) is 0 Å². The van der Waals surface area contributed by atoms with E-state index in [-0.39, 0.29) is 0 Å². The van der Waals surface area contributed by atoms with Gasteiger partial charge < -0.3 is 5.32 Å². The summed E-state index contributed by atoms with van der Waals surface area (Å²) in [6, 6.07) is 0.413. The number of carbonyl (C=O) groups excluding carboxylic acids is 1. The Balaban J connectivity index is 1.86. The summed E-state index contributed by atoms with van der Waals surface area (Å²) in [5, 5.41) is 3.39. The maximum Gasteiger partial charge on any atom is 0.140 e. The zero-order valence-electron chi connectivity index (χ0n) is 10.7. The van der Waals surface area contributed by atoms with Crippen molar-refractivity contribution in [2.24, 2.45) is 17.8 Å². The summed E-state index contributed by atoms with van der Waals surface area (Å²) in [4.78, 5) is 12.4. The largest absolute Gasteiger partial charge is 0.314 e. The van der Waals surface area contributed by atoms with Gasteiger partial charge in [-0.1, -0.05) is 13.3 Å². The molecule has 16 heavy (non-hydrogen) atoms. The fourth-order valence-electron chi connectivity index (χ4n) is 3.41. The molecule has 2 unspecified atom stereocenters. The van der Waals surface area contributed by atoms with Crippen LogP contribution in [0, 0.1) is 17.8 Å². The number of Topliss-reactive ketones (excluding diaryl/α,β-unsaturated/α-hetero) is 1. The second-order valence-corrected chi connectivity index (χ2v) is 5.67. The fraction of sp³-hybridized carbons (Fsp3) is 0.929. The zero-order valence-corrected chi connectivity index (χ0v) is 10.7. The van der Waals surface area contributed by atoms with Gasteiger partial charge in [0.25, 0.3) is 0 Å². The van der Waals surface area contributed by atoms with Crippen molar-refractivity contribution in [3.63, 3.8) is 0 Å². The summed E-state index contributed by atoms with van der Waals surface area (Å²) in [6.45, 7) is 5.46. The van der Waals surface area contributed by atoms with Crippen molar-refractivity contribution in [3.8, 4) is 0 Å². The Morgan fingerprint density at radius 3 is 2.38 bits per heavy atom. The molecule has 1 N–H and O–H groups in total. The average molecular weight is 223 g/mol. The van der Waals surface area contributed by atoms with Crippen LogP contribution in [0.1, 0.15) is 52.4 Å². The SMILES string of the molecule is CCC1CCC(C(=O)C2CCNC2C)CC1. The lowest BCUT2D eigenvalue weighted by molar-refractivity contribution is -0.128. The molecule has 1 saturated carbocycles. The molecular weight excluding hydrogens is 198 g/mol. The molecule has 0 bridgehead atoms. The lowest BCUT2D eigenvalue weighted by atomic mass is 9.75. The Hall–Kier alpha value is -0.370. The van der Waals surface area contributed by atoms with Crippen LogP contribution >= 0.6 is 0 Å². The van der Waals surface area contributed by atoms with Crippen molar-refractivity contribution >= 4 is 5.78 Å². The van der Waals surface area contributed by atoms with E-state index in [0.29, 0.717) is 23.7 Å². The van der Waals surface area contributed by atoms with Crippen LogP contribution < -0.4 is 5.32 Å². The number of hydrogen-bond donors (Lipinski definition) is 1. The Bertz CT molecular complexity index is 243. The van der Waals surface area contributed by atoms with Crippen LogP contribution in [0.3, 0.4) is 0 Å². The van der Waals surface area contributed by atoms with Crippen molar-refractivity contribution < 1.29 is 4.79 Å². The van der Waals surface area contributed by atoms with Crippen LogP contribution in [-0.2, 0) is 4.79 Å². The van der Waals surface area contributed by atoms with Crippen molar-refractivity contribution in [2.45, 2.75) is 58.4 Å². The number of rotatable bonds is 3. The molecule has 1 saturated heterocycles. The summed E-state index contributed by atoms with van der Waals surface area (Å²) in [7, 11) is 0. The van der Waals surface area contributed by atoms with Crippen LogP contribution in [0.4, 0.5) is 0 Å². The van der Waals surface area contributed by atoms with Gasteiger partial charge in [-0.3, -0.25) is 4.79 Å². The van der Waals surface area contributed by atoms with Crippen molar-refractivity contribution in [3.05, 3.63) is 0 Å². The molecule has 0 spiro atoms. The van der Waals surface area contributed by atoms with Gasteiger partial charge in [0.1, 0.15) is 5.78 Å². The highest BCUT2D eigenvalue weighted by atomic mass is 16.1. The second-order valence-electron chi connectivity index (χ2n) is 5.67. The Morgan fingerprint density at radius 1 is 1.19 bits per heavy atom. The minimum Gasteiger partial charge on any atom is -0.314 e. The third kappa shape index (κ3) is 2.48. The van der Waals surface area contributed by atoms with E-state index < -0.39 is 0 Å². The molecule has 2 nitrogen and oxygen atoms in total. The van der Waals surface area contributed by atoms with E-state index in [2.05, 4.69) is 19.2 Å². The van der Waals surface area contributed by atoms with Crippen LogP contribution in [0.25, 0.3) is 0 Å². The Labute approximate surface area is 99.2 Å². The quantitative estimate of drug-likeness (QED) is 0.797. The van der Waals surface area contributed by atoms with Crippen molar-refractivity contribution in [1.29, 1.82) is 0 Å². The van der Waals surface area contributed by atoms with Crippen molar-refractivity contribution in [2.75, 3.05) is 6.54 Å². The molecule has 2 atom stereocenters. The summed E-state index contributed by atoms with van der Waals surface area (Å²) in [5.74, 6) is 2.15. The molecule has 92 valence electrons. The van der Waals surface area contributed by atoms with Gasteiger partial charge in [0, 0.05) is 17.9 Å². The van der Waals surface area contributed by atoms with E-state index in [0.717, 1.165) is 31.7 Å². The molecule has 1 aliphatic heterocycles. The van der Waals surface area contributed by atoms with Gasteiger partial charge in [-0.15, -0.1) is 0 Å². The number of hydrogen-bond acceptors (Lipinski definition) is 2. The summed E-state index contributed by atoms with van der Waals surface area (Å²) < 4.78 is 0. The molecule has 2 fully saturated rings. The van der Waals surface area contributed by atoms with Crippen LogP contribution in [-0.4, -0.2) is 18.4 Å². The number of ketones is 1. The number of nitrogens with one attached hydrogen (secondary N) is 1. The topological polar surface area (TPSA) is 29.1 Å². The first kappa shape index (κ1) is 12.1. The van der Waals surface area contributed by atoms with E-state index in [1.165, 1.54) is 19.3 Å². The zero-order chi connectivity index (χ0) is 11.5. The fourth-order valence-corrected chi connectivity index (χ4v) is 3.41. The Kier molecular flexibility index (Phi) is 4.01. The summed E-state index contributed by atoms with van der Waals surface area (Å²) in [5.41, 5.74) is 0. The maximum absolute atomic E-state index is 12.4. The smallest absolute Gasteiger partial charge is 0.140 e. The van der Waals surface area contributed by atoms with E-state index in [9.17, 15) is 4.79 Å². The van der Waals surface area contributed by atoms with Gasteiger partial charge in [0.2, 0.25) is 0 Å². The Morgan fingerprint density at radius 2 is 1.88 bits per heavy atom. The van der Waals surface area contributed by atoms with Gasteiger partial charge >= 0.3 is 0 Å². The standard InChI is InChI=1S/C14H25NO/c1-3-11-4-6-12(7-5-11)14(16)13-8-9-15-10(13)2/h10-13,15H,3-9H2,1-2H3.